The molecule has 0 aliphatic carbocycles. The lowest BCUT2D eigenvalue weighted by Gasteiger charge is -2.23. The van der Waals surface area contributed by atoms with Crippen molar-refractivity contribution in [2.45, 2.75) is 38.6 Å². The SMILES string of the molecule is CC(C)c1ccc(C(=O)N2CCC[C@@H]2CO)cc1. The summed E-state index contributed by atoms with van der Waals surface area (Å²) in [5.41, 5.74) is 1.96. The Hall–Kier alpha value is -1.35. The summed E-state index contributed by atoms with van der Waals surface area (Å²) in [5.74, 6) is 0.521. The molecular weight excluding hydrogens is 226 g/mol. The van der Waals surface area contributed by atoms with Gasteiger partial charge in [-0.3, -0.25) is 4.79 Å². The van der Waals surface area contributed by atoms with Crippen molar-refractivity contribution in [1.29, 1.82) is 0 Å². The lowest BCUT2D eigenvalue weighted by atomic mass is 10.0. The Morgan fingerprint density at radius 1 is 1.39 bits per heavy atom. The van der Waals surface area contributed by atoms with Crippen molar-refractivity contribution in [3.63, 3.8) is 0 Å². The number of rotatable bonds is 3. The molecule has 0 saturated carbocycles. The highest BCUT2D eigenvalue weighted by Crippen LogP contribution is 2.21. The third kappa shape index (κ3) is 2.56. The Kier molecular flexibility index (Phi) is 4.02. The van der Waals surface area contributed by atoms with Crippen molar-refractivity contribution in [3.05, 3.63) is 35.4 Å². The van der Waals surface area contributed by atoms with Crippen LogP contribution in [0.5, 0.6) is 0 Å². The number of hydrogen-bond donors (Lipinski definition) is 1. The molecule has 1 saturated heterocycles. The van der Waals surface area contributed by atoms with Crippen molar-refractivity contribution in [2.24, 2.45) is 0 Å². The molecule has 1 fully saturated rings. The topological polar surface area (TPSA) is 40.5 Å². The summed E-state index contributed by atoms with van der Waals surface area (Å²) in [5, 5.41) is 9.26. The molecule has 1 aliphatic rings. The summed E-state index contributed by atoms with van der Waals surface area (Å²) < 4.78 is 0. The molecule has 0 bridgehead atoms. The Balaban J connectivity index is 2.13. The fourth-order valence-corrected chi connectivity index (χ4v) is 2.47. The molecule has 1 aromatic rings. The van der Waals surface area contributed by atoms with Crippen LogP contribution < -0.4 is 0 Å². The average molecular weight is 247 g/mol. The number of amides is 1. The smallest absolute Gasteiger partial charge is 0.254 e. The van der Waals surface area contributed by atoms with Gasteiger partial charge in [0.25, 0.3) is 5.91 Å². The summed E-state index contributed by atoms with van der Waals surface area (Å²) in [4.78, 5) is 14.1. The van der Waals surface area contributed by atoms with Gasteiger partial charge in [-0.15, -0.1) is 0 Å². The molecule has 3 nitrogen and oxygen atoms in total. The first-order chi connectivity index (χ1) is 8.63. The first kappa shape index (κ1) is 13.1. The van der Waals surface area contributed by atoms with Crippen LogP contribution in [0.2, 0.25) is 0 Å². The first-order valence-electron chi connectivity index (χ1n) is 6.65. The Morgan fingerprint density at radius 3 is 2.61 bits per heavy atom. The predicted molar refractivity (Wildman–Crippen MR) is 71.7 cm³/mol. The van der Waals surface area contributed by atoms with E-state index < -0.39 is 0 Å². The van der Waals surface area contributed by atoms with E-state index in [9.17, 15) is 9.90 Å². The fraction of sp³-hybridized carbons (Fsp3) is 0.533. The van der Waals surface area contributed by atoms with Crippen LogP contribution in [0, 0.1) is 0 Å². The standard InChI is InChI=1S/C15H21NO2/c1-11(2)12-5-7-13(8-6-12)15(18)16-9-3-4-14(16)10-17/h5-8,11,14,17H,3-4,9-10H2,1-2H3/t14-/m1/s1. The Bertz CT molecular complexity index is 411. The predicted octanol–water partition coefficient (Wildman–Crippen LogP) is 2.41. The summed E-state index contributed by atoms with van der Waals surface area (Å²) >= 11 is 0. The zero-order valence-corrected chi connectivity index (χ0v) is 11.1. The van der Waals surface area contributed by atoms with Gasteiger partial charge in [0.05, 0.1) is 12.6 Å². The molecule has 1 amide bonds. The summed E-state index contributed by atoms with van der Waals surface area (Å²) in [7, 11) is 0. The second-order valence-electron chi connectivity index (χ2n) is 5.25. The van der Waals surface area contributed by atoms with Gasteiger partial charge >= 0.3 is 0 Å². The van der Waals surface area contributed by atoms with Gasteiger partial charge in [0, 0.05) is 12.1 Å². The summed E-state index contributed by atoms with van der Waals surface area (Å²) in [6.45, 7) is 5.10. The van der Waals surface area contributed by atoms with Gasteiger partial charge in [-0.2, -0.15) is 0 Å². The zero-order valence-electron chi connectivity index (χ0n) is 11.1. The van der Waals surface area contributed by atoms with Crippen LogP contribution in [0.1, 0.15) is 48.5 Å². The Morgan fingerprint density at radius 2 is 2.06 bits per heavy atom. The van der Waals surface area contributed by atoms with Gasteiger partial charge in [-0.1, -0.05) is 26.0 Å². The molecule has 98 valence electrons. The van der Waals surface area contributed by atoms with Crippen LogP contribution in [-0.4, -0.2) is 35.1 Å². The fourth-order valence-electron chi connectivity index (χ4n) is 2.47. The molecule has 1 heterocycles. The van der Waals surface area contributed by atoms with Gasteiger partial charge in [0.15, 0.2) is 0 Å². The molecule has 2 rings (SSSR count). The number of aliphatic hydroxyl groups is 1. The van der Waals surface area contributed by atoms with Crippen LogP contribution in [-0.2, 0) is 0 Å². The second kappa shape index (κ2) is 5.53. The molecule has 0 spiro atoms. The minimum atomic E-state index is 0.00211. The number of carbonyl (C=O) groups is 1. The van der Waals surface area contributed by atoms with Crippen molar-refractivity contribution in [2.75, 3.05) is 13.2 Å². The molecule has 1 aliphatic heterocycles. The molecule has 1 atom stereocenters. The molecule has 1 aromatic carbocycles. The van der Waals surface area contributed by atoms with Crippen molar-refractivity contribution in [1.82, 2.24) is 4.90 Å². The second-order valence-corrected chi connectivity index (χ2v) is 5.25. The van der Waals surface area contributed by atoms with Crippen LogP contribution >= 0.6 is 0 Å². The number of nitrogens with zero attached hydrogens (tertiary/aromatic N) is 1. The van der Waals surface area contributed by atoms with E-state index in [0.717, 1.165) is 24.9 Å². The maximum Gasteiger partial charge on any atom is 0.254 e. The number of hydrogen-bond acceptors (Lipinski definition) is 2. The van der Waals surface area contributed by atoms with E-state index in [0.29, 0.717) is 5.92 Å². The molecule has 0 aromatic heterocycles. The number of aliphatic hydroxyl groups excluding tert-OH is 1. The van der Waals surface area contributed by atoms with E-state index in [2.05, 4.69) is 13.8 Å². The van der Waals surface area contributed by atoms with Gasteiger partial charge in [0.1, 0.15) is 0 Å². The first-order valence-corrected chi connectivity index (χ1v) is 6.65. The minimum absolute atomic E-state index is 0.00211. The summed E-state index contributed by atoms with van der Waals surface area (Å²) in [6, 6.07) is 7.82. The van der Waals surface area contributed by atoms with Gasteiger partial charge in [-0.25, -0.2) is 0 Å². The lowest BCUT2D eigenvalue weighted by Crippen LogP contribution is -2.37. The third-order valence-electron chi connectivity index (χ3n) is 3.67. The van der Waals surface area contributed by atoms with Crippen molar-refractivity contribution in [3.8, 4) is 0 Å². The lowest BCUT2D eigenvalue weighted by molar-refractivity contribution is 0.0677. The molecular formula is C15H21NO2. The van der Waals surface area contributed by atoms with Crippen molar-refractivity contribution < 1.29 is 9.90 Å². The monoisotopic (exact) mass is 247 g/mol. The van der Waals surface area contributed by atoms with E-state index in [1.807, 2.05) is 24.3 Å². The molecule has 1 N–H and O–H groups in total. The zero-order chi connectivity index (χ0) is 13.1. The largest absolute Gasteiger partial charge is 0.394 e. The van der Waals surface area contributed by atoms with Crippen LogP contribution in [0.15, 0.2) is 24.3 Å². The maximum absolute atomic E-state index is 12.3. The molecule has 0 radical (unpaired) electrons. The maximum atomic E-state index is 12.3. The summed E-state index contributed by atoms with van der Waals surface area (Å²) in [6.07, 6.45) is 1.90. The van der Waals surface area contributed by atoms with E-state index in [-0.39, 0.29) is 18.6 Å². The van der Waals surface area contributed by atoms with Gasteiger partial charge in [-0.05, 0) is 36.5 Å². The highest BCUT2D eigenvalue weighted by Gasteiger charge is 2.28. The molecule has 0 unspecified atom stereocenters. The highest BCUT2D eigenvalue weighted by molar-refractivity contribution is 5.94. The third-order valence-corrected chi connectivity index (χ3v) is 3.67. The van der Waals surface area contributed by atoms with E-state index in [1.165, 1.54) is 5.56 Å². The van der Waals surface area contributed by atoms with Crippen LogP contribution in [0.3, 0.4) is 0 Å². The van der Waals surface area contributed by atoms with Gasteiger partial charge < -0.3 is 10.0 Å². The van der Waals surface area contributed by atoms with E-state index in [1.54, 1.807) is 4.90 Å². The number of benzene rings is 1. The quantitative estimate of drug-likeness (QED) is 0.891. The normalized spacial score (nSPS) is 19.6. The minimum Gasteiger partial charge on any atom is -0.394 e. The van der Waals surface area contributed by atoms with E-state index in [4.69, 9.17) is 0 Å². The van der Waals surface area contributed by atoms with E-state index >= 15 is 0 Å². The van der Waals surface area contributed by atoms with Gasteiger partial charge in [0.2, 0.25) is 0 Å². The van der Waals surface area contributed by atoms with Crippen LogP contribution in [0.25, 0.3) is 0 Å². The van der Waals surface area contributed by atoms with Crippen LogP contribution in [0.4, 0.5) is 0 Å². The van der Waals surface area contributed by atoms with Crippen molar-refractivity contribution >= 4 is 5.91 Å². The highest BCUT2D eigenvalue weighted by atomic mass is 16.3. The number of likely N-dealkylation sites (tertiary alicyclic amines) is 1. The Labute approximate surface area is 108 Å². The molecule has 3 heteroatoms. The number of carbonyl (C=O) groups excluding carboxylic acids is 1. The average Bonchev–Trinajstić information content (AvgIpc) is 2.86. The molecule has 18 heavy (non-hydrogen) atoms.